The Kier molecular flexibility index (Phi) is 1.82. The molecule has 1 unspecified atom stereocenters. The van der Waals surface area contributed by atoms with Crippen LogP contribution in [0.1, 0.15) is 40.0 Å². The third-order valence-electron chi connectivity index (χ3n) is 5.44. The van der Waals surface area contributed by atoms with Gasteiger partial charge >= 0.3 is 0 Å². The molecule has 84 valence electrons. The molecule has 3 fully saturated rings. The molecule has 0 radical (unpaired) electrons. The van der Waals surface area contributed by atoms with E-state index in [1.165, 1.54) is 25.0 Å². The van der Waals surface area contributed by atoms with Gasteiger partial charge in [-0.2, -0.15) is 0 Å². The molecule has 3 heteroatoms. The number of carbonyl (C=O) groups is 1. The lowest BCUT2D eigenvalue weighted by atomic mass is 9.69. The summed E-state index contributed by atoms with van der Waals surface area (Å²) in [4.78, 5) is 11.6. The molecule has 2 saturated carbocycles. The van der Waals surface area contributed by atoms with Crippen molar-refractivity contribution in [1.82, 2.24) is 4.31 Å². The van der Waals surface area contributed by atoms with Crippen molar-refractivity contribution in [1.29, 1.82) is 0 Å². The SMILES string of the molecule is CC(=O)N1SC[C@]23CCC(C[C@@H]12)C3(C)C. The molecule has 1 saturated heterocycles. The number of amides is 1. The monoisotopic (exact) mass is 225 g/mol. The molecule has 2 bridgehead atoms. The van der Waals surface area contributed by atoms with Gasteiger partial charge in [-0.25, -0.2) is 0 Å². The highest BCUT2D eigenvalue weighted by Gasteiger charge is 2.68. The minimum atomic E-state index is 0.255. The Morgan fingerprint density at radius 1 is 1.47 bits per heavy atom. The Hall–Kier alpha value is -0.180. The molecule has 2 nitrogen and oxygen atoms in total. The second-order valence-electron chi connectivity index (χ2n) is 5.98. The summed E-state index contributed by atoms with van der Waals surface area (Å²) < 4.78 is 2.07. The third-order valence-corrected chi connectivity index (χ3v) is 6.88. The van der Waals surface area contributed by atoms with Gasteiger partial charge in [-0.3, -0.25) is 9.10 Å². The van der Waals surface area contributed by atoms with Crippen LogP contribution in [0.5, 0.6) is 0 Å². The van der Waals surface area contributed by atoms with E-state index in [0.717, 1.165) is 5.92 Å². The van der Waals surface area contributed by atoms with Gasteiger partial charge in [-0.15, -0.1) is 0 Å². The first kappa shape index (κ1) is 10.0. The van der Waals surface area contributed by atoms with Gasteiger partial charge in [-0.05, 0) is 42.5 Å². The van der Waals surface area contributed by atoms with Gasteiger partial charge in [0.05, 0.1) is 6.04 Å². The number of nitrogens with zero attached hydrogens (tertiary/aromatic N) is 1. The van der Waals surface area contributed by atoms with Gasteiger partial charge in [-0.1, -0.05) is 13.8 Å². The Morgan fingerprint density at radius 2 is 2.20 bits per heavy atom. The molecule has 2 aliphatic carbocycles. The molecular weight excluding hydrogens is 206 g/mol. The number of carbonyl (C=O) groups excluding carboxylic acids is 1. The first-order chi connectivity index (χ1) is 6.99. The highest BCUT2D eigenvalue weighted by molar-refractivity contribution is 7.97. The van der Waals surface area contributed by atoms with E-state index in [9.17, 15) is 4.79 Å². The highest BCUT2D eigenvalue weighted by Crippen LogP contribution is 2.71. The van der Waals surface area contributed by atoms with Crippen LogP contribution in [0.4, 0.5) is 0 Å². The molecule has 1 heterocycles. The van der Waals surface area contributed by atoms with Crippen molar-refractivity contribution in [2.45, 2.75) is 46.1 Å². The van der Waals surface area contributed by atoms with Crippen LogP contribution in [-0.4, -0.2) is 22.0 Å². The second-order valence-corrected chi connectivity index (χ2v) is 6.92. The van der Waals surface area contributed by atoms with Crippen LogP contribution in [0.2, 0.25) is 0 Å². The van der Waals surface area contributed by atoms with Gasteiger partial charge < -0.3 is 0 Å². The average molecular weight is 225 g/mol. The molecule has 3 atom stereocenters. The molecule has 0 aromatic carbocycles. The molecule has 15 heavy (non-hydrogen) atoms. The van der Waals surface area contributed by atoms with Gasteiger partial charge in [0.1, 0.15) is 0 Å². The molecule has 3 aliphatic rings. The van der Waals surface area contributed by atoms with Crippen LogP contribution >= 0.6 is 11.9 Å². The summed E-state index contributed by atoms with van der Waals surface area (Å²) in [5, 5.41) is 0. The third kappa shape index (κ3) is 0.961. The quantitative estimate of drug-likeness (QED) is 0.591. The maximum atomic E-state index is 11.6. The summed E-state index contributed by atoms with van der Waals surface area (Å²) in [5.74, 6) is 2.27. The Morgan fingerprint density at radius 3 is 2.80 bits per heavy atom. The van der Waals surface area contributed by atoms with Crippen molar-refractivity contribution in [3.63, 3.8) is 0 Å². The molecule has 1 amide bonds. The molecular formula is C12H19NOS. The van der Waals surface area contributed by atoms with E-state index in [4.69, 9.17) is 0 Å². The lowest BCUT2D eigenvalue weighted by Gasteiger charge is -2.37. The summed E-state index contributed by atoms with van der Waals surface area (Å²) in [6.07, 6.45) is 3.97. The number of fused-ring (bicyclic) bond motifs is 1. The van der Waals surface area contributed by atoms with Gasteiger partial charge in [0, 0.05) is 18.1 Å². The van der Waals surface area contributed by atoms with Crippen molar-refractivity contribution < 1.29 is 4.79 Å². The van der Waals surface area contributed by atoms with Crippen LogP contribution in [0.15, 0.2) is 0 Å². The van der Waals surface area contributed by atoms with E-state index in [0.29, 0.717) is 16.9 Å². The molecule has 1 aliphatic heterocycles. The summed E-state index contributed by atoms with van der Waals surface area (Å²) in [6, 6.07) is 0.536. The smallest absolute Gasteiger partial charge is 0.229 e. The topological polar surface area (TPSA) is 20.3 Å². The van der Waals surface area contributed by atoms with E-state index in [1.807, 2.05) is 0 Å². The van der Waals surface area contributed by atoms with Crippen molar-refractivity contribution in [2.75, 3.05) is 5.75 Å². The van der Waals surface area contributed by atoms with E-state index in [2.05, 4.69) is 18.2 Å². The number of hydrogen-bond donors (Lipinski definition) is 0. The summed E-state index contributed by atoms with van der Waals surface area (Å²) >= 11 is 1.78. The van der Waals surface area contributed by atoms with E-state index in [-0.39, 0.29) is 5.91 Å². The minimum Gasteiger partial charge on any atom is -0.283 e. The summed E-state index contributed by atoms with van der Waals surface area (Å²) in [5.41, 5.74) is 0.892. The average Bonchev–Trinajstić information content (AvgIpc) is 2.72. The second kappa shape index (κ2) is 2.73. The Balaban J connectivity index is 2.00. The summed E-state index contributed by atoms with van der Waals surface area (Å²) in [7, 11) is 0. The van der Waals surface area contributed by atoms with Crippen LogP contribution in [-0.2, 0) is 4.79 Å². The fraction of sp³-hybridized carbons (Fsp3) is 0.917. The maximum Gasteiger partial charge on any atom is 0.229 e. The Bertz CT molecular complexity index is 328. The van der Waals surface area contributed by atoms with E-state index >= 15 is 0 Å². The van der Waals surface area contributed by atoms with Gasteiger partial charge in [0.25, 0.3) is 0 Å². The van der Waals surface area contributed by atoms with Gasteiger partial charge in [0.2, 0.25) is 5.91 Å². The molecule has 0 N–H and O–H groups in total. The standard InChI is InChI=1S/C12H19NOS/c1-8(14)13-10-6-9-4-5-12(10,7-15-13)11(9,2)3/h9-10H,4-7H2,1-3H3/t9?,10-,12-/m1/s1. The highest BCUT2D eigenvalue weighted by atomic mass is 32.2. The minimum absolute atomic E-state index is 0.255. The lowest BCUT2D eigenvalue weighted by molar-refractivity contribution is -0.126. The van der Waals surface area contributed by atoms with E-state index < -0.39 is 0 Å². The molecule has 0 aromatic rings. The van der Waals surface area contributed by atoms with Crippen molar-refractivity contribution in [3.05, 3.63) is 0 Å². The number of rotatable bonds is 0. The largest absolute Gasteiger partial charge is 0.283 e. The predicted molar refractivity (Wildman–Crippen MR) is 62.3 cm³/mol. The first-order valence-electron chi connectivity index (χ1n) is 5.92. The predicted octanol–water partition coefficient (Wildman–Crippen LogP) is 2.69. The van der Waals surface area contributed by atoms with E-state index in [1.54, 1.807) is 18.9 Å². The number of hydrogen-bond acceptors (Lipinski definition) is 2. The molecule has 3 rings (SSSR count). The fourth-order valence-corrected chi connectivity index (χ4v) is 6.01. The first-order valence-corrected chi connectivity index (χ1v) is 6.86. The zero-order valence-electron chi connectivity index (χ0n) is 9.75. The van der Waals surface area contributed by atoms with Crippen molar-refractivity contribution >= 4 is 17.9 Å². The van der Waals surface area contributed by atoms with Gasteiger partial charge in [0.15, 0.2) is 0 Å². The van der Waals surface area contributed by atoms with Crippen LogP contribution in [0.25, 0.3) is 0 Å². The zero-order chi connectivity index (χ0) is 10.8. The van der Waals surface area contributed by atoms with Crippen LogP contribution in [0, 0.1) is 16.7 Å². The van der Waals surface area contributed by atoms with Crippen molar-refractivity contribution in [2.24, 2.45) is 16.7 Å². The molecule has 0 aromatic heterocycles. The Labute approximate surface area is 95.9 Å². The normalized spacial score (nSPS) is 45.9. The van der Waals surface area contributed by atoms with Crippen molar-refractivity contribution in [3.8, 4) is 0 Å². The zero-order valence-corrected chi connectivity index (χ0v) is 10.6. The molecule has 1 spiro atoms. The fourth-order valence-electron chi connectivity index (χ4n) is 4.28. The van der Waals surface area contributed by atoms with Crippen LogP contribution < -0.4 is 0 Å². The maximum absolute atomic E-state index is 11.6. The lowest BCUT2D eigenvalue weighted by Crippen LogP contribution is -2.42. The summed E-state index contributed by atoms with van der Waals surface area (Å²) in [6.45, 7) is 6.56. The van der Waals surface area contributed by atoms with Crippen LogP contribution in [0.3, 0.4) is 0 Å².